The Labute approximate surface area is 165 Å². The number of hydrogen-bond acceptors (Lipinski definition) is 4. The molecule has 2 heterocycles. The minimum absolute atomic E-state index is 0.129. The van der Waals surface area contributed by atoms with Crippen LogP contribution in [0.3, 0.4) is 0 Å². The second-order valence-corrected chi connectivity index (χ2v) is 6.97. The van der Waals surface area contributed by atoms with E-state index in [1.807, 2.05) is 0 Å². The van der Waals surface area contributed by atoms with Gasteiger partial charge in [0.05, 0.1) is 12.6 Å². The molecule has 0 saturated carbocycles. The van der Waals surface area contributed by atoms with E-state index < -0.39 is 24.2 Å². The summed E-state index contributed by atoms with van der Waals surface area (Å²) in [5, 5.41) is 2.93. The van der Waals surface area contributed by atoms with Crippen molar-refractivity contribution in [3.8, 4) is 11.1 Å². The van der Waals surface area contributed by atoms with Crippen molar-refractivity contribution in [3.05, 3.63) is 53.4 Å². The van der Waals surface area contributed by atoms with Crippen molar-refractivity contribution in [2.75, 3.05) is 0 Å². The molecule has 0 radical (unpaired) electrons. The molecule has 9 heteroatoms. The molecule has 1 N–H and O–H groups in total. The van der Waals surface area contributed by atoms with Crippen LogP contribution in [0.2, 0.25) is 0 Å². The number of aryl methyl sites for hydroxylation is 1. The van der Waals surface area contributed by atoms with Gasteiger partial charge < -0.3 is 5.32 Å². The van der Waals surface area contributed by atoms with Crippen LogP contribution in [0.1, 0.15) is 31.2 Å². The number of carbonyl (C=O) groups excluding carboxylic acids is 1. The fraction of sp³-hybridized carbons (Fsp3) is 0.400. The van der Waals surface area contributed by atoms with Crippen molar-refractivity contribution in [2.45, 2.75) is 50.6 Å². The van der Waals surface area contributed by atoms with Crippen LogP contribution in [-0.2, 0) is 17.4 Å². The van der Waals surface area contributed by atoms with Gasteiger partial charge in [-0.2, -0.15) is 13.2 Å². The van der Waals surface area contributed by atoms with Gasteiger partial charge in [0.2, 0.25) is 5.82 Å². The molecule has 29 heavy (non-hydrogen) atoms. The fourth-order valence-corrected chi connectivity index (χ4v) is 3.27. The molecule has 1 aliphatic heterocycles. The molecule has 3 rings (SSSR count). The van der Waals surface area contributed by atoms with Gasteiger partial charge >= 0.3 is 6.18 Å². The number of benzene rings is 1. The Kier molecular flexibility index (Phi) is 5.94. The normalized spacial score (nSPS) is 21.7. The predicted molar refractivity (Wildman–Crippen MR) is 98.0 cm³/mol. The number of aromatic nitrogens is 2. The molecule has 5 nitrogen and oxygen atoms in total. The van der Waals surface area contributed by atoms with Crippen LogP contribution in [0, 0.1) is 6.57 Å². The zero-order valence-corrected chi connectivity index (χ0v) is 15.5. The maximum atomic E-state index is 13.6. The Morgan fingerprint density at radius 2 is 1.97 bits per heavy atom. The Morgan fingerprint density at radius 1 is 1.28 bits per heavy atom. The van der Waals surface area contributed by atoms with E-state index in [1.54, 1.807) is 25.1 Å². The number of nitrogens with zero attached hydrogens (tertiary/aromatic N) is 3. The van der Waals surface area contributed by atoms with Crippen LogP contribution in [0.4, 0.5) is 23.2 Å². The lowest BCUT2D eigenvalue weighted by atomic mass is 9.98. The third-order valence-corrected chi connectivity index (χ3v) is 4.94. The molecule has 0 amide bonds. The second kappa shape index (κ2) is 8.25. The first kappa shape index (κ1) is 20.9. The summed E-state index contributed by atoms with van der Waals surface area (Å²) in [5.41, 5.74) is 1.86. The average molecular weight is 406 g/mol. The van der Waals surface area contributed by atoms with E-state index >= 15 is 0 Å². The Bertz CT molecular complexity index is 927. The molecule has 152 valence electrons. The number of rotatable bonds is 5. The Hall–Kier alpha value is -2.86. The number of halogens is 4. The van der Waals surface area contributed by atoms with Gasteiger partial charge in [0, 0.05) is 36.8 Å². The first-order valence-corrected chi connectivity index (χ1v) is 9.02. The molecule has 3 atom stereocenters. The maximum absolute atomic E-state index is 13.6. The standard InChI is InChI=1S/C20H18F4N4O/c1-11-15(21)8-17(28-11)18(29)6-4-13-7-12(3-5-16(13)25-2)14-9-26-19(27-10-14)20(22,23)24/h3,5,7,9-11,15,17,28H,4,6,8H2,1H3/t11-,15+,17-/m0/s1. The van der Waals surface area contributed by atoms with E-state index in [-0.39, 0.29) is 31.1 Å². The molecular weight excluding hydrogens is 388 g/mol. The molecule has 1 aromatic heterocycles. The number of nitrogens with one attached hydrogen (secondary N) is 1. The average Bonchev–Trinajstić information content (AvgIpc) is 3.04. The van der Waals surface area contributed by atoms with E-state index in [9.17, 15) is 22.4 Å². The topological polar surface area (TPSA) is 59.2 Å². The largest absolute Gasteiger partial charge is 0.451 e. The zero-order chi connectivity index (χ0) is 21.2. The van der Waals surface area contributed by atoms with Crippen molar-refractivity contribution in [2.24, 2.45) is 0 Å². The summed E-state index contributed by atoms with van der Waals surface area (Å²) in [4.78, 5) is 22.5. The number of carbonyl (C=O) groups is 1. The number of hydrogen-bond donors (Lipinski definition) is 1. The summed E-state index contributed by atoms with van der Waals surface area (Å²) in [6.45, 7) is 8.98. The predicted octanol–water partition coefficient (Wildman–Crippen LogP) is 4.30. The van der Waals surface area contributed by atoms with Crippen molar-refractivity contribution < 1.29 is 22.4 Å². The smallest absolute Gasteiger partial charge is 0.302 e. The van der Waals surface area contributed by atoms with Crippen LogP contribution in [0.5, 0.6) is 0 Å². The summed E-state index contributed by atoms with van der Waals surface area (Å²) in [7, 11) is 0. The van der Waals surface area contributed by atoms with Crippen LogP contribution >= 0.6 is 0 Å². The highest BCUT2D eigenvalue weighted by atomic mass is 19.4. The molecule has 0 bridgehead atoms. The fourth-order valence-electron chi connectivity index (χ4n) is 3.27. The summed E-state index contributed by atoms with van der Waals surface area (Å²) < 4.78 is 51.5. The second-order valence-electron chi connectivity index (χ2n) is 6.97. The van der Waals surface area contributed by atoms with Crippen molar-refractivity contribution in [3.63, 3.8) is 0 Å². The third-order valence-electron chi connectivity index (χ3n) is 4.94. The number of ketones is 1. The number of Topliss-reactive ketones (excluding diaryl/α,β-unsaturated/α-hetero) is 1. The van der Waals surface area contributed by atoms with Gasteiger partial charge in [-0.25, -0.2) is 19.2 Å². The summed E-state index contributed by atoms with van der Waals surface area (Å²) in [6, 6.07) is 3.88. The van der Waals surface area contributed by atoms with Gasteiger partial charge in [-0.15, -0.1) is 0 Å². The quantitative estimate of drug-likeness (QED) is 0.594. The molecule has 1 fully saturated rings. The first-order chi connectivity index (χ1) is 13.7. The summed E-state index contributed by atoms with van der Waals surface area (Å²) >= 11 is 0. The van der Waals surface area contributed by atoms with Crippen LogP contribution < -0.4 is 5.32 Å². The van der Waals surface area contributed by atoms with E-state index in [4.69, 9.17) is 6.57 Å². The summed E-state index contributed by atoms with van der Waals surface area (Å²) in [6.07, 6.45) is -3.00. The van der Waals surface area contributed by atoms with Gasteiger partial charge in [0.1, 0.15) is 12.0 Å². The first-order valence-electron chi connectivity index (χ1n) is 9.02. The van der Waals surface area contributed by atoms with E-state index in [1.165, 1.54) is 0 Å². The van der Waals surface area contributed by atoms with Crippen molar-refractivity contribution >= 4 is 11.5 Å². The van der Waals surface area contributed by atoms with Crippen molar-refractivity contribution in [1.82, 2.24) is 15.3 Å². The van der Waals surface area contributed by atoms with Gasteiger partial charge in [-0.3, -0.25) is 4.79 Å². The zero-order valence-electron chi connectivity index (χ0n) is 15.5. The highest BCUT2D eigenvalue weighted by Gasteiger charge is 2.35. The van der Waals surface area contributed by atoms with Gasteiger partial charge in [0.15, 0.2) is 5.69 Å². The number of alkyl halides is 4. The highest BCUT2D eigenvalue weighted by Crippen LogP contribution is 2.30. The minimum atomic E-state index is -4.62. The molecular formula is C20H18F4N4O. The van der Waals surface area contributed by atoms with E-state index in [2.05, 4.69) is 20.1 Å². The van der Waals surface area contributed by atoms with Gasteiger partial charge in [-0.1, -0.05) is 18.2 Å². The monoisotopic (exact) mass is 406 g/mol. The molecule has 1 aromatic carbocycles. The molecule has 1 aliphatic rings. The van der Waals surface area contributed by atoms with Gasteiger partial charge in [0.25, 0.3) is 0 Å². The Morgan fingerprint density at radius 3 is 2.52 bits per heavy atom. The lowest BCUT2D eigenvalue weighted by Crippen LogP contribution is -2.35. The maximum Gasteiger partial charge on any atom is 0.451 e. The summed E-state index contributed by atoms with van der Waals surface area (Å²) in [5.74, 6) is -1.36. The van der Waals surface area contributed by atoms with E-state index in [0.29, 0.717) is 22.4 Å². The Balaban J connectivity index is 1.76. The van der Waals surface area contributed by atoms with Gasteiger partial charge in [-0.05, 0) is 24.5 Å². The lowest BCUT2D eigenvalue weighted by molar-refractivity contribution is -0.145. The SMILES string of the molecule is [C-]#[N+]c1ccc(-c2cnc(C(F)(F)F)nc2)cc1CCC(=O)[C@@H]1C[C@@H](F)[C@H](C)N1. The van der Waals surface area contributed by atoms with Crippen LogP contribution in [0.25, 0.3) is 16.0 Å². The molecule has 1 saturated heterocycles. The molecule has 0 spiro atoms. The lowest BCUT2D eigenvalue weighted by Gasteiger charge is -2.12. The van der Waals surface area contributed by atoms with Crippen molar-refractivity contribution in [1.29, 1.82) is 0 Å². The van der Waals surface area contributed by atoms with E-state index in [0.717, 1.165) is 12.4 Å². The van der Waals surface area contributed by atoms with Crippen LogP contribution in [-0.4, -0.2) is 34.0 Å². The third kappa shape index (κ3) is 4.77. The van der Waals surface area contributed by atoms with Crippen LogP contribution in [0.15, 0.2) is 30.6 Å². The minimum Gasteiger partial charge on any atom is -0.302 e. The highest BCUT2D eigenvalue weighted by molar-refractivity contribution is 5.85. The molecule has 0 aliphatic carbocycles. The molecule has 0 unspecified atom stereocenters. The molecule has 2 aromatic rings.